The summed E-state index contributed by atoms with van der Waals surface area (Å²) < 4.78 is 0. The molecule has 1 aliphatic carbocycles. The summed E-state index contributed by atoms with van der Waals surface area (Å²) >= 11 is 1.03. The fourth-order valence-corrected chi connectivity index (χ4v) is 3.26. The number of aromatic amines is 1. The molecule has 0 spiro atoms. The molecular formula is C14H23N3O2S. The van der Waals surface area contributed by atoms with E-state index in [-0.39, 0.29) is 10.8 Å². The van der Waals surface area contributed by atoms with E-state index < -0.39 is 0 Å². The van der Waals surface area contributed by atoms with Crippen LogP contribution in [0.25, 0.3) is 0 Å². The lowest BCUT2D eigenvalue weighted by molar-refractivity contribution is 0.0762. The number of thiazole rings is 1. The highest BCUT2D eigenvalue weighted by Gasteiger charge is 2.19. The van der Waals surface area contributed by atoms with E-state index in [1.165, 1.54) is 32.1 Å². The first-order valence-electron chi connectivity index (χ1n) is 7.21. The van der Waals surface area contributed by atoms with Crippen molar-refractivity contribution in [2.45, 2.75) is 38.1 Å². The van der Waals surface area contributed by atoms with Crippen molar-refractivity contribution in [3.05, 3.63) is 20.7 Å². The molecule has 0 atom stereocenters. The fourth-order valence-electron chi connectivity index (χ4n) is 2.70. The summed E-state index contributed by atoms with van der Waals surface area (Å²) in [6.07, 6.45) is 6.53. The van der Waals surface area contributed by atoms with E-state index in [1.54, 1.807) is 17.3 Å². The standard InChI is InChI=1S/C14H23N3O2S/c1-16(11-6-4-3-5-7-11)8-9-17(2)13(18)12-10-20-14(19)15-12/h10-11H,3-9H2,1-2H3,(H,15,19). The highest BCUT2D eigenvalue weighted by atomic mass is 32.1. The lowest BCUT2D eigenvalue weighted by atomic mass is 9.94. The van der Waals surface area contributed by atoms with Gasteiger partial charge in [0, 0.05) is 31.6 Å². The van der Waals surface area contributed by atoms with E-state index in [0.717, 1.165) is 17.9 Å². The first kappa shape index (κ1) is 15.3. The third-order valence-electron chi connectivity index (χ3n) is 4.08. The minimum absolute atomic E-state index is 0.111. The van der Waals surface area contributed by atoms with Crippen molar-refractivity contribution >= 4 is 17.2 Å². The second kappa shape index (κ2) is 7.04. The van der Waals surface area contributed by atoms with E-state index in [0.29, 0.717) is 18.3 Å². The number of hydrogen-bond acceptors (Lipinski definition) is 4. The summed E-state index contributed by atoms with van der Waals surface area (Å²) in [6, 6.07) is 0.660. The van der Waals surface area contributed by atoms with Crippen LogP contribution in [0.15, 0.2) is 10.2 Å². The van der Waals surface area contributed by atoms with Crippen LogP contribution in [-0.2, 0) is 0 Å². The zero-order valence-electron chi connectivity index (χ0n) is 12.2. The maximum atomic E-state index is 12.1. The van der Waals surface area contributed by atoms with Crippen molar-refractivity contribution in [1.82, 2.24) is 14.8 Å². The molecule has 0 unspecified atom stereocenters. The molecule has 1 aliphatic rings. The fraction of sp³-hybridized carbons (Fsp3) is 0.714. The zero-order chi connectivity index (χ0) is 14.5. The van der Waals surface area contributed by atoms with Gasteiger partial charge in [0.2, 0.25) is 0 Å². The Hall–Kier alpha value is -1.14. The molecule has 1 saturated carbocycles. The SMILES string of the molecule is CN(CCN(C)C1CCCCC1)C(=O)c1csc(=O)[nH]1. The van der Waals surface area contributed by atoms with Crippen LogP contribution in [0.1, 0.15) is 42.6 Å². The lowest BCUT2D eigenvalue weighted by Crippen LogP contribution is -2.40. The Bertz CT molecular complexity index is 491. The molecule has 5 nitrogen and oxygen atoms in total. The van der Waals surface area contributed by atoms with Gasteiger partial charge in [-0.1, -0.05) is 30.6 Å². The Morgan fingerprint density at radius 3 is 2.60 bits per heavy atom. The van der Waals surface area contributed by atoms with E-state index in [4.69, 9.17) is 0 Å². The molecule has 20 heavy (non-hydrogen) atoms. The molecule has 0 saturated heterocycles. The summed E-state index contributed by atoms with van der Waals surface area (Å²) in [4.78, 5) is 29.6. The quantitative estimate of drug-likeness (QED) is 0.901. The Balaban J connectivity index is 1.80. The maximum Gasteiger partial charge on any atom is 0.305 e. The number of rotatable bonds is 5. The zero-order valence-corrected chi connectivity index (χ0v) is 13.0. The van der Waals surface area contributed by atoms with Crippen LogP contribution >= 0.6 is 11.3 Å². The summed E-state index contributed by atoms with van der Waals surface area (Å²) in [5.74, 6) is -0.111. The normalized spacial score (nSPS) is 16.6. The second-order valence-corrected chi connectivity index (χ2v) is 6.40. The number of H-pyrrole nitrogens is 1. The number of carbonyl (C=O) groups excluding carboxylic acids is 1. The number of amides is 1. The van der Waals surface area contributed by atoms with E-state index in [1.807, 2.05) is 0 Å². The predicted octanol–water partition coefficient (Wildman–Crippen LogP) is 1.77. The molecule has 1 aromatic rings. The number of nitrogens with zero attached hydrogens (tertiary/aromatic N) is 2. The van der Waals surface area contributed by atoms with Gasteiger partial charge in [0.1, 0.15) is 5.69 Å². The van der Waals surface area contributed by atoms with E-state index in [9.17, 15) is 9.59 Å². The van der Waals surface area contributed by atoms with E-state index in [2.05, 4.69) is 16.9 Å². The van der Waals surface area contributed by atoms with Crippen LogP contribution in [0.3, 0.4) is 0 Å². The Kier molecular flexibility index (Phi) is 5.37. The average molecular weight is 297 g/mol. The number of aromatic nitrogens is 1. The molecule has 1 fully saturated rings. The minimum Gasteiger partial charge on any atom is -0.339 e. The molecule has 2 rings (SSSR count). The van der Waals surface area contributed by atoms with Gasteiger partial charge in [-0.2, -0.15) is 0 Å². The third kappa shape index (κ3) is 3.93. The van der Waals surface area contributed by atoms with Gasteiger partial charge < -0.3 is 14.8 Å². The maximum absolute atomic E-state index is 12.1. The highest BCUT2D eigenvalue weighted by Crippen LogP contribution is 2.21. The Morgan fingerprint density at radius 2 is 2.00 bits per heavy atom. The van der Waals surface area contributed by atoms with Gasteiger partial charge in [0.15, 0.2) is 0 Å². The number of nitrogens with one attached hydrogen (secondary N) is 1. The van der Waals surface area contributed by atoms with Gasteiger partial charge in [0.05, 0.1) is 0 Å². The molecule has 6 heteroatoms. The van der Waals surface area contributed by atoms with Gasteiger partial charge in [-0.05, 0) is 19.9 Å². The average Bonchev–Trinajstić information content (AvgIpc) is 2.91. The summed E-state index contributed by atoms with van der Waals surface area (Å²) in [7, 11) is 3.92. The topological polar surface area (TPSA) is 56.4 Å². The molecule has 0 aromatic carbocycles. The summed E-state index contributed by atoms with van der Waals surface area (Å²) in [6.45, 7) is 1.56. The first-order valence-corrected chi connectivity index (χ1v) is 8.09. The molecule has 1 aromatic heterocycles. The molecule has 1 amide bonds. The van der Waals surface area contributed by atoms with Gasteiger partial charge in [-0.25, -0.2) is 0 Å². The van der Waals surface area contributed by atoms with Crippen molar-refractivity contribution in [2.75, 3.05) is 27.2 Å². The van der Waals surface area contributed by atoms with Crippen molar-refractivity contribution in [3.63, 3.8) is 0 Å². The molecule has 0 bridgehead atoms. The monoisotopic (exact) mass is 297 g/mol. The van der Waals surface area contributed by atoms with Crippen molar-refractivity contribution in [3.8, 4) is 0 Å². The summed E-state index contributed by atoms with van der Waals surface area (Å²) in [5, 5.41) is 1.59. The van der Waals surface area contributed by atoms with Crippen LogP contribution in [0, 0.1) is 0 Å². The highest BCUT2D eigenvalue weighted by molar-refractivity contribution is 7.07. The summed E-state index contributed by atoms with van der Waals surface area (Å²) in [5.41, 5.74) is 0.391. The van der Waals surface area contributed by atoms with Gasteiger partial charge >= 0.3 is 4.87 Å². The minimum atomic E-state index is -0.180. The molecular weight excluding hydrogens is 274 g/mol. The molecule has 112 valence electrons. The van der Waals surface area contributed by atoms with Gasteiger partial charge in [-0.15, -0.1) is 0 Å². The number of likely N-dealkylation sites (N-methyl/N-ethyl adjacent to an activating group) is 2. The largest absolute Gasteiger partial charge is 0.339 e. The van der Waals surface area contributed by atoms with Gasteiger partial charge in [0.25, 0.3) is 5.91 Å². The van der Waals surface area contributed by atoms with Crippen molar-refractivity contribution in [1.29, 1.82) is 0 Å². The lowest BCUT2D eigenvalue weighted by Gasteiger charge is -2.32. The van der Waals surface area contributed by atoms with Gasteiger partial charge in [-0.3, -0.25) is 9.59 Å². The molecule has 0 radical (unpaired) electrons. The Morgan fingerprint density at radius 1 is 1.30 bits per heavy atom. The molecule has 1 heterocycles. The van der Waals surface area contributed by atoms with Crippen LogP contribution in [-0.4, -0.2) is 53.9 Å². The van der Waals surface area contributed by atoms with Crippen molar-refractivity contribution < 1.29 is 4.79 Å². The van der Waals surface area contributed by atoms with Crippen LogP contribution in [0.5, 0.6) is 0 Å². The second-order valence-electron chi connectivity index (χ2n) is 5.56. The first-order chi connectivity index (χ1) is 9.58. The van der Waals surface area contributed by atoms with Crippen LogP contribution in [0.4, 0.5) is 0 Å². The van der Waals surface area contributed by atoms with E-state index >= 15 is 0 Å². The predicted molar refractivity (Wildman–Crippen MR) is 81.4 cm³/mol. The van der Waals surface area contributed by atoms with Crippen molar-refractivity contribution in [2.24, 2.45) is 0 Å². The third-order valence-corrected chi connectivity index (χ3v) is 4.75. The van der Waals surface area contributed by atoms with Crippen LogP contribution in [0.2, 0.25) is 0 Å². The van der Waals surface area contributed by atoms with Crippen LogP contribution < -0.4 is 4.87 Å². The number of carbonyl (C=O) groups is 1. The molecule has 0 aliphatic heterocycles. The number of hydrogen-bond donors (Lipinski definition) is 1. The smallest absolute Gasteiger partial charge is 0.305 e. The Labute approximate surface area is 123 Å². The molecule has 1 N–H and O–H groups in total.